The molecule has 1 saturated heterocycles. The van der Waals surface area contributed by atoms with E-state index in [2.05, 4.69) is 34.5 Å². The number of rotatable bonds is 5. The molecule has 22 heavy (non-hydrogen) atoms. The Labute approximate surface area is 137 Å². The zero-order chi connectivity index (χ0) is 15.8. The smallest absolute Gasteiger partial charge is 0.190 e. The fourth-order valence-electron chi connectivity index (χ4n) is 3.94. The first kappa shape index (κ1) is 17.6. The number of nitrogens with zero attached hydrogens (tertiary/aromatic N) is 2. The normalized spacial score (nSPS) is 28.6. The Morgan fingerprint density at radius 2 is 1.86 bits per heavy atom. The molecule has 2 unspecified atom stereocenters. The summed E-state index contributed by atoms with van der Waals surface area (Å²) >= 11 is 0. The Balaban J connectivity index is 1.59. The number of guanidine groups is 1. The minimum atomic E-state index is 0.800. The van der Waals surface area contributed by atoms with E-state index in [1.165, 1.54) is 58.0 Å². The van der Waals surface area contributed by atoms with Gasteiger partial charge in [-0.1, -0.05) is 26.2 Å². The quantitative estimate of drug-likeness (QED) is 0.606. The minimum Gasteiger partial charge on any atom is -0.356 e. The predicted octanol–water partition coefficient (Wildman–Crippen LogP) is 2.71. The molecule has 2 rings (SSSR count). The lowest BCUT2D eigenvalue weighted by atomic mass is 9.81. The van der Waals surface area contributed by atoms with Crippen LogP contribution in [0.2, 0.25) is 0 Å². The minimum absolute atomic E-state index is 0.800. The first-order valence-corrected chi connectivity index (χ1v) is 9.30. The molecule has 2 aliphatic rings. The van der Waals surface area contributed by atoms with Crippen LogP contribution in [-0.2, 0) is 0 Å². The molecule has 0 aromatic heterocycles. The highest BCUT2D eigenvalue weighted by molar-refractivity contribution is 5.79. The number of piperidine rings is 1. The van der Waals surface area contributed by atoms with Gasteiger partial charge in [0.05, 0.1) is 0 Å². The molecular formula is C18H36N4. The zero-order valence-corrected chi connectivity index (χ0v) is 14.9. The van der Waals surface area contributed by atoms with Gasteiger partial charge < -0.3 is 15.5 Å². The van der Waals surface area contributed by atoms with Crippen molar-refractivity contribution in [1.82, 2.24) is 15.5 Å². The van der Waals surface area contributed by atoms with E-state index in [0.29, 0.717) is 0 Å². The first-order chi connectivity index (χ1) is 10.7. The Morgan fingerprint density at radius 1 is 1.09 bits per heavy atom. The summed E-state index contributed by atoms with van der Waals surface area (Å²) in [5.74, 6) is 3.64. The van der Waals surface area contributed by atoms with E-state index >= 15 is 0 Å². The van der Waals surface area contributed by atoms with Crippen molar-refractivity contribution in [2.45, 2.75) is 51.9 Å². The Kier molecular flexibility index (Phi) is 7.50. The highest BCUT2D eigenvalue weighted by Gasteiger charge is 2.19. The first-order valence-electron chi connectivity index (χ1n) is 9.30. The molecule has 0 radical (unpaired) electrons. The molecule has 0 bridgehead atoms. The van der Waals surface area contributed by atoms with Crippen LogP contribution in [0.4, 0.5) is 0 Å². The van der Waals surface area contributed by atoms with Crippen LogP contribution in [0.3, 0.4) is 0 Å². The summed E-state index contributed by atoms with van der Waals surface area (Å²) < 4.78 is 0. The highest BCUT2D eigenvalue weighted by Crippen LogP contribution is 2.30. The molecule has 2 fully saturated rings. The molecule has 4 heteroatoms. The largest absolute Gasteiger partial charge is 0.356 e. The third-order valence-electron chi connectivity index (χ3n) is 5.51. The van der Waals surface area contributed by atoms with Gasteiger partial charge >= 0.3 is 0 Å². The van der Waals surface area contributed by atoms with Crippen LogP contribution >= 0.6 is 0 Å². The van der Waals surface area contributed by atoms with Crippen LogP contribution in [0, 0.1) is 17.8 Å². The average Bonchev–Trinajstić information content (AvgIpc) is 2.52. The van der Waals surface area contributed by atoms with Crippen LogP contribution in [0.15, 0.2) is 4.99 Å². The van der Waals surface area contributed by atoms with Crippen LogP contribution < -0.4 is 10.6 Å². The summed E-state index contributed by atoms with van der Waals surface area (Å²) in [5, 5.41) is 7.03. The number of hydrogen-bond acceptors (Lipinski definition) is 2. The Morgan fingerprint density at radius 3 is 2.55 bits per heavy atom. The highest BCUT2D eigenvalue weighted by atomic mass is 15.2. The van der Waals surface area contributed by atoms with Gasteiger partial charge in [0.15, 0.2) is 5.96 Å². The monoisotopic (exact) mass is 308 g/mol. The summed E-state index contributed by atoms with van der Waals surface area (Å²) in [4.78, 5) is 6.79. The summed E-state index contributed by atoms with van der Waals surface area (Å²) in [7, 11) is 4.10. The van der Waals surface area contributed by atoms with Crippen LogP contribution in [0.1, 0.15) is 51.9 Å². The average molecular weight is 309 g/mol. The lowest BCUT2D eigenvalue weighted by Gasteiger charge is -2.29. The molecular weight excluding hydrogens is 272 g/mol. The van der Waals surface area contributed by atoms with E-state index in [-0.39, 0.29) is 0 Å². The van der Waals surface area contributed by atoms with E-state index < -0.39 is 0 Å². The molecule has 1 saturated carbocycles. The third kappa shape index (κ3) is 6.15. The maximum Gasteiger partial charge on any atom is 0.190 e. The van der Waals surface area contributed by atoms with E-state index in [4.69, 9.17) is 0 Å². The summed E-state index contributed by atoms with van der Waals surface area (Å²) in [6.07, 6.45) is 9.61. The van der Waals surface area contributed by atoms with Crippen molar-refractivity contribution in [3.63, 3.8) is 0 Å². The van der Waals surface area contributed by atoms with Crippen molar-refractivity contribution in [3.05, 3.63) is 0 Å². The molecule has 2 atom stereocenters. The summed E-state index contributed by atoms with van der Waals surface area (Å²) in [5.41, 5.74) is 0. The van der Waals surface area contributed by atoms with Gasteiger partial charge in [0.25, 0.3) is 0 Å². The molecule has 4 nitrogen and oxygen atoms in total. The van der Waals surface area contributed by atoms with Crippen molar-refractivity contribution in [1.29, 1.82) is 0 Å². The molecule has 0 aromatic carbocycles. The molecule has 1 heterocycles. The van der Waals surface area contributed by atoms with E-state index in [1.54, 1.807) is 0 Å². The number of nitrogens with one attached hydrogen (secondary N) is 2. The number of aliphatic imine (C=N–C) groups is 1. The maximum absolute atomic E-state index is 4.37. The summed E-state index contributed by atoms with van der Waals surface area (Å²) in [6, 6.07) is 0. The number of hydrogen-bond donors (Lipinski definition) is 2. The fourth-order valence-corrected chi connectivity index (χ4v) is 3.94. The Hall–Kier alpha value is -0.770. The van der Waals surface area contributed by atoms with E-state index in [0.717, 1.165) is 36.8 Å². The SMILES string of the molecule is CN=C(NCCC1CCCC(C)C1)NCC1CCN(C)CC1. The molecule has 128 valence electrons. The Bertz CT molecular complexity index is 334. The second-order valence-electron chi connectivity index (χ2n) is 7.55. The van der Waals surface area contributed by atoms with Gasteiger partial charge in [-0.3, -0.25) is 4.99 Å². The van der Waals surface area contributed by atoms with Crippen molar-refractivity contribution in [2.24, 2.45) is 22.7 Å². The van der Waals surface area contributed by atoms with Crippen molar-refractivity contribution in [3.8, 4) is 0 Å². The van der Waals surface area contributed by atoms with Gasteiger partial charge in [-0.25, -0.2) is 0 Å². The molecule has 0 aromatic rings. The van der Waals surface area contributed by atoms with Crippen LogP contribution in [0.5, 0.6) is 0 Å². The van der Waals surface area contributed by atoms with Crippen LogP contribution in [-0.4, -0.2) is 51.1 Å². The van der Waals surface area contributed by atoms with Crippen molar-refractivity contribution < 1.29 is 0 Å². The predicted molar refractivity (Wildman–Crippen MR) is 95.3 cm³/mol. The van der Waals surface area contributed by atoms with Crippen molar-refractivity contribution >= 4 is 5.96 Å². The molecule has 0 amide bonds. The van der Waals surface area contributed by atoms with E-state index in [1.807, 2.05) is 7.05 Å². The third-order valence-corrected chi connectivity index (χ3v) is 5.51. The topological polar surface area (TPSA) is 39.7 Å². The lowest BCUT2D eigenvalue weighted by molar-refractivity contribution is 0.220. The van der Waals surface area contributed by atoms with Gasteiger partial charge in [-0.15, -0.1) is 0 Å². The molecule has 2 N–H and O–H groups in total. The van der Waals surface area contributed by atoms with Gasteiger partial charge in [-0.2, -0.15) is 0 Å². The van der Waals surface area contributed by atoms with Gasteiger partial charge in [0.2, 0.25) is 0 Å². The van der Waals surface area contributed by atoms with Crippen LogP contribution in [0.25, 0.3) is 0 Å². The number of likely N-dealkylation sites (tertiary alicyclic amines) is 1. The molecule has 0 spiro atoms. The molecule has 1 aliphatic heterocycles. The summed E-state index contributed by atoms with van der Waals surface area (Å²) in [6.45, 7) is 7.00. The fraction of sp³-hybridized carbons (Fsp3) is 0.944. The molecule has 1 aliphatic carbocycles. The lowest BCUT2D eigenvalue weighted by Crippen LogP contribution is -2.42. The van der Waals surface area contributed by atoms with Gasteiger partial charge in [0.1, 0.15) is 0 Å². The van der Waals surface area contributed by atoms with Crippen molar-refractivity contribution in [2.75, 3.05) is 40.3 Å². The second-order valence-corrected chi connectivity index (χ2v) is 7.55. The van der Waals surface area contributed by atoms with Gasteiger partial charge in [0, 0.05) is 20.1 Å². The van der Waals surface area contributed by atoms with Gasteiger partial charge in [-0.05, 0) is 63.6 Å². The standard InChI is InChI=1S/C18H36N4/c1-15-5-4-6-16(13-15)7-10-20-18(19-2)21-14-17-8-11-22(3)12-9-17/h15-17H,4-14H2,1-3H3,(H2,19,20,21). The zero-order valence-electron chi connectivity index (χ0n) is 14.9. The maximum atomic E-state index is 4.37. The second kappa shape index (κ2) is 9.39. The van der Waals surface area contributed by atoms with E-state index in [9.17, 15) is 0 Å².